The van der Waals surface area contributed by atoms with Gasteiger partial charge >= 0.3 is 0 Å². The predicted octanol–water partition coefficient (Wildman–Crippen LogP) is 3.46. The molecule has 2 aromatic rings. The van der Waals surface area contributed by atoms with Gasteiger partial charge < -0.3 is 9.84 Å². The average Bonchev–Trinajstić information content (AvgIpc) is 2.90. The van der Waals surface area contributed by atoms with Gasteiger partial charge in [0.15, 0.2) is 0 Å². The molecule has 2 unspecified atom stereocenters. The molecule has 0 saturated heterocycles. The van der Waals surface area contributed by atoms with Gasteiger partial charge in [0.1, 0.15) is 5.75 Å². The van der Waals surface area contributed by atoms with E-state index in [4.69, 9.17) is 4.74 Å². The molecule has 98 valence electrons. The van der Waals surface area contributed by atoms with Crippen LogP contribution in [-0.2, 0) is 6.42 Å². The van der Waals surface area contributed by atoms with Crippen LogP contribution in [0.4, 0.5) is 0 Å². The highest BCUT2D eigenvalue weighted by atomic mass is 16.5. The van der Waals surface area contributed by atoms with Gasteiger partial charge in [-0.1, -0.05) is 36.4 Å². The van der Waals surface area contributed by atoms with Crippen LogP contribution in [0.2, 0.25) is 0 Å². The van der Waals surface area contributed by atoms with Crippen LogP contribution < -0.4 is 4.74 Å². The number of hydrogen-bond acceptors (Lipinski definition) is 2. The molecule has 1 aliphatic rings. The Labute approximate surface area is 113 Å². The van der Waals surface area contributed by atoms with Crippen molar-refractivity contribution >= 4 is 0 Å². The first kappa shape index (κ1) is 12.2. The summed E-state index contributed by atoms with van der Waals surface area (Å²) in [6.45, 7) is 0. The summed E-state index contributed by atoms with van der Waals surface area (Å²) < 4.78 is 5.15. The summed E-state index contributed by atoms with van der Waals surface area (Å²) in [7, 11) is 1.65. The largest absolute Gasteiger partial charge is 0.497 e. The van der Waals surface area contributed by atoms with E-state index in [9.17, 15) is 5.11 Å². The fourth-order valence-electron chi connectivity index (χ4n) is 2.95. The van der Waals surface area contributed by atoms with Gasteiger partial charge in [-0.05, 0) is 41.7 Å². The van der Waals surface area contributed by atoms with E-state index in [1.807, 2.05) is 24.3 Å². The number of aliphatic hydroxyl groups is 1. The van der Waals surface area contributed by atoms with Gasteiger partial charge in [0.05, 0.1) is 13.2 Å². The molecule has 0 aliphatic heterocycles. The lowest BCUT2D eigenvalue weighted by Gasteiger charge is -2.20. The van der Waals surface area contributed by atoms with Crippen LogP contribution >= 0.6 is 0 Å². The molecular weight excluding hydrogens is 236 g/mol. The second kappa shape index (κ2) is 5.06. The average molecular weight is 254 g/mol. The lowest BCUT2D eigenvalue weighted by atomic mass is 9.90. The second-order valence-electron chi connectivity index (χ2n) is 5.06. The van der Waals surface area contributed by atoms with Crippen LogP contribution in [0.5, 0.6) is 5.75 Å². The van der Waals surface area contributed by atoms with E-state index in [0.717, 1.165) is 24.2 Å². The fraction of sp³-hybridized carbons (Fsp3) is 0.294. The van der Waals surface area contributed by atoms with Crippen molar-refractivity contribution in [1.82, 2.24) is 0 Å². The first-order valence-electron chi connectivity index (χ1n) is 6.69. The number of fused-ring (bicyclic) bond motifs is 1. The minimum Gasteiger partial charge on any atom is -0.497 e. The SMILES string of the molecule is COc1ccc(C(O)C2CCc3ccccc32)cc1. The third-order valence-corrected chi connectivity index (χ3v) is 4.02. The van der Waals surface area contributed by atoms with Crippen LogP contribution in [0.25, 0.3) is 0 Å². The number of methoxy groups -OCH3 is 1. The van der Waals surface area contributed by atoms with E-state index >= 15 is 0 Å². The van der Waals surface area contributed by atoms with Gasteiger partial charge in [0, 0.05) is 5.92 Å². The number of aryl methyl sites for hydroxylation is 1. The fourth-order valence-corrected chi connectivity index (χ4v) is 2.95. The van der Waals surface area contributed by atoms with Crippen LogP contribution in [0.15, 0.2) is 48.5 Å². The Balaban J connectivity index is 1.86. The maximum Gasteiger partial charge on any atom is 0.118 e. The van der Waals surface area contributed by atoms with Crippen molar-refractivity contribution in [2.45, 2.75) is 24.9 Å². The zero-order valence-corrected chi connectivity index (χ0v) is 11.0. The minimum absolute atomic E-state index is 0.213. The standard InChI is InChI=1S/C17H18O2/c1-19-14-9-6-13(7-10-14)17(18)16-11-8-12-4-2-3-5-15(12)16/h2-7,9-10,16-18H,8,11H2,1H3. The maximum absolute atomic E-state index is 10.6. The zero-order valence-electron chi connectivity index (χ0n) is 11.0. The molecule has 2 heteroatoms. The molecule has 1 N–H and O–H groups in total. The van der Waals surface area contributed by atoms with Crippen molar-refractivity contribution in [3.63, 3.8) is 0 Å². The highest BCUT2D eigenvalue weighted by Crippen LogP contribution is 2.41. The summed E-state index contributed by atoms with van der Waals surface area (Å²) in [6, 6.07) is 16.1. The van der Waals surface area contributed by atoms with Crippen LogP contribution in [0, 0.1) is 0 Å². The third kappa shape index (κ3) is 2.24. The molecule has 0 heterocycles. The van der Waals surface area contributed by atoms with Crippen LogP contribution in [0.1, 0.15) is 35.1 Å². The summed E-state index contributed by atoms with van der Waals surface area (Å²) in [4.78, 5) is 0. The topological polar surface area (TPSA) is 29.5 Å². The van der Waals surface area contributed by atoms with E-state index in [1.165, 1.54) is 11.1 Å². The Hall–Kier alpha value is -1.80. The molecule has 0 aromatic heterocycles. The molecule has 0 radical (unpaired) electrons. The molecule has 0 bridgehead atoms. The molecule has 1 aliphatic carbocycles. The van der Waals surface area contributed by atoms with Gasteiger partial charge in [0.2, 0.25) is 0 Å². The minimum atomic E-state index is -0.436. The summed E-state index contributed by atoms with van der Waals surface area (Å²) in [5.41, 5.74) is 3.63. The second-order valence-corrected chi connectivity index (χ2v) is 5.06. The molecule has 0 saturated carbocycles. The van der Waals surface area contributed by atoms with Crippen LogP contribution in [-0.4, -0.2) is 12.2 Å². The molecule has 0 fully saturated rings. The van der Waals surface area contributed by atoms with Gasteiger partial charge in [0.25, 0.3) is 0 Å². The maximum atomic E-state index is 10.6. The lowest BCUT2D eigenvalue weighted by molar-refractivity contribution is 0.145. The lowest BCUT2D eigenvalue weighted by Crippen LogP contribution is -2.08. The number of benzene rings is 2. The number of hydrogen-bond donors (Lipinski definition) is 1. The summed E-state index contributed by atoms with van der Waals surface area (Å²) in [6.07, 6.45) is 1.65. The number of ether oxygens (including phenoxy) is 1. The van der Waals surface area contributed by atoms with E-state index in [0.29, 0.717) is 0 Å². The Morgan fingerprint density at radius 2 is 1.84 bits per heavy atom. The Bertz CT molecular complexity index is 560. The Morgan fingerprint density at radius 1 is 1.11 bits per heavy atom. The number of rotatable bonds is 3. The van der Waals surface area contributed by atoms with Crippen molar-refractivity contribution < 1.29 is 9.84 Å². The van der Waals surface area contributed by atoms with Crippen molar-refractivity contribution in [2.75, 3.05) is 7.11 Å². The first-order valence-corrected chi connectivity index (χ1v) is 6.69. The van der Waals surface area contributed by atoms with Crippen molar-refractivity contribution in [2.24, 2.45) is 0 Å². The molecule has 2 atom stereocenters. The van der Waals surface area contributed by atoms with Crippen LogP contribution in [0.3, 0.4) is 0 Å². The van der Waals surface area contributed by atoms with Gasteiger partial charge in [-0.3, -0.25) is 0 Å². The molecule has 2 aromatic carbocycles. The molecule has 3 rings (SSSR count). The van der Waals surface area contributed by atoms with E-state index in [1.54, 1.807) is 7.11 Å². The van der Waals surface area contributed by atoms with Crippen molar-refractivity contribution in [1.29, 1.82) is 0 Å². The molecular formula is C17H18O2. The van der Waals surface area contributed by atoms with E-state index in [2.05, 4.69) is 24.3 Å². The number of aliphatic hydroxyl groups excluding tert-OH is 1. The Kier molecular flexibility index (Phi) is 3.26. The monoisotopic (exact) mass is 254 g/mol. The third-order valence-electron chi connectivity index (χ3n) is 4.02. The molecule has 0 amide bonds. The summed E-state index contributed by atoms with van der Waals surface area (Å²) in [5.74, 6) is 1.03. The van der Waals surface area contributed by atoms with Crippen molar-refractivity contribution in [3.05, 3.63) is 65.2 Å². The van der Waals surface area contributed by atoms with E-state index in [-0.39, 0.29) is 5.92 Å². The highest BCUT2D eigenvalue weighted by molar-refractivity contribution is 5.38. The zero-order chi connectivity index (χ0) is 13.2. The quantitative estimate of drug-likeness (QED) is 0.909. The molecule has 19 heavy (non-hydrogen) atoms. The predicted molar refractivity (Wildman–Crippen MR) is 75.5 cm³/mol. The van der Waals surface area contributed by atoms with Crippen molar-refractivity contribution in [3.8, 4) is 5.75 Å². The van der Waals surface area contributed by atoms with Gasteiger partial charge in [-0.2, -0.15) is 0 Å². The van der Waals surface area contributed by atoms with Gasteiger partial charge in [-0.25, -0.2) is 0 Å². The first-order chi connectivity index (χ1) is 9.29. The normalized spacial score (nSPS) is 18.9. The smallest absolute Gasteiger partial charge is 0.118 e. The summed E-state index contributed by atoms with van der Waals surface area (Å²) in [5, 5.41) is 10.6. The van der Waals surface area contributed by atoms with E-state index < -0.39 is 6.10 Å². The highest BCUT2D eigenvalue weighted by Gasteiger charge is 2.29. The van der Waals surface area contributed by atoms with Gasteiger partial charge in [-0.15, -0.1) is 0 Å². The molecule has 2 nitrogen and oxygen atoms in total. The molecule has 0 spiro atoms. The Morgan fingerprint density at radius 3 is 2.58 bits per heavy atom. The summed E-state index contributed by atoms with van der Waals surface area (Å²) >= 11 is 0.